The molecule has 2 aromatic rings. The second-order valence-electron chi connectivity index (χ2n) is 6.93. The Labute approximate surface area is 184 Å². The Bertz CT molecular complexity index is 920. The van der Waals surface area contributed by atoms with Crippen molar-refractivity contribution in [1.29, 1.82) is 0 Å². The highest BCUT2D eigenvalue weighted by molar-refractivity contribution is 7.99. The Morgan fingerprint density at radius 1 is 1.16 bits per heavy atom. The van der Waals surface area contributed by atoms with E-state index in [-0.39, 0.29) is 17.5 Å². The first-order chi connectivity index (χ1) is 15.0. The molecule has 0 radical (unpaired) electrons. The normalized spacial score (nSPS) is 15.4. The van der Waals surface area contributed by atoms with Crippen molar-refractivity contribution >= 4 is 40.6 Å². The molecule has 0 aliphatic carbocycles. The van der Waals surface area contributed by atoms with Gasteiger partial charge in [0.1, 0.15) is 11.8 Å². The summed E-state index contributed by atoms with van der Waals surface area (Å²) in [7, 11) is 1.58. The Hall–Kier alpha value is -3.27. The van der Waals surface area contributed by atoms with E-state index in [0.717, 1.165) is 5.69 Å². The Morgan fingerprint density at radius 2 is 1.84 bits per heavy atom. The van der Waals surface area contributed by atoms with Crippen LogP contribution in [0.5, 0.6) is 5.75 Å². The molecule has 1 aliphatic heterocycles. The number of nitro benzene ring substituents is 1. The fraction of sp³-hybridized carbons (Fsp3) is 0.333. The van der Waals surface area contributed by atoms with Crippen LogP contribution in [0.4, 0.5) is 17.1 Å². The number of nitrogens with zero attached hydrogens (tertiary/aromatic N) is 2. The number of hydrogen-bond donors (Lipinski definition) is 2. The fourth-order valence-electron chi connectivity index (χ4n) is 3.12. The summed E-state index contributed by atoms with van der Waals surface area (Å²) in [4.78, 5) is 37.2. The van der Waals surface area contributed by atoms with E-state index in [9.17, 15) is 19.7 Å². The van der Waals surface area contributed by atoms with Crippen LogP contribution < -0.4 is 15.4 Å². The number of hydrogen-bond acceptors (Lipinski definition) is 7. The summed E-state index contributed by atoms with van der Waals surface area (Å²) < 4.78 is 5.11. The molecule has 31 heavy (non-hydrogen) atoms. The molecule has 1 aliphatic rings. The van der Waals surface area contributed by atoms with Gasteiger partial charge in [-0.3, -0.25) is 19.7 Å². The van der Waals surface area contributed by atoms with Gasteiger partial charge in [0, 0.05) is 42.2 Å². The van der Waals surface area contributed by atoms with Gasteiger partial charge >= 0.3 is 0 Å². The maximum absolute atomic E-state index is 12.7. The predicted octanol–water partition coefficient (Wildman–Crippen LogP) is 3.34. The molecule has 0 spiro atoms. The zero-order valence-corrected chi connectivity index (χ0v) is 17.9. The van der Waals surface area contributed by atoms with Gasteiger partial charge in [-0.25, -0.2) is 0 Å². The van der Waals surface area contributed by atoms with E-state index in [2.05, 4.69) is 10.6 Å². The van der Waals surface area contributed by atoms with Crippen LogP contribution in [0.25, 0.3) is 0 Å². The van der Waals surface area contributed by atoms with Crippen LogP contribution in [-0.2, 0) is 9.59 Å². The van der Waals surface area contributed by atoms with Crippen molar-refractivity contribution in [3.05, 3.63) is 58.6 Å². The average Bonchev–Trinajstić information content (AvgIpc) is 3.28. The number of benzene rings is 2. The van der Waals surface area contributed by atoms with E-state index in [4.69, 9.17) is 4.74 Å². The highest BCUT2D eigenvalue weighted by Gasteiger charge is 2.34. The molecule has 0 saturated carbocycles. The van der Waals surface area contributed by atoms with Gasteiger partial charge in [-0.15, -0.1) is 11.8 Å². The van der Waals surface area contributed by atoms with E-state index in [1.54, 1.807) is 60.2 Å². The lowest BCUT2D eigenvalue weighted by atomic mass is 10.2. The van der Waals surface area contributed by atoms with Crippen molar-refractivity contribution in [2.24, 2.45) is 0 Å². The second-order valence-corrected chi connectivity index (χ2v) is 7.93. The van der Waals surface area contributed by atoms with Crippen LogP contribution in [0.1, 0.15) is 12.8 Å². The molecule has 0 aromatic heterocycles. The molecule has 3 rings (SSSR count). The summed E-state index contributed by atoms with van der Waals surface area (Å²) in [6.45, 7) is 0.549. The molecule has 2 amide bonds. The van der Waals surface area contributed by atoms with E-state index in [1.165, 1.54) is 12.1 Å². The predicted molar refractivity (Wildman–Crippen MR) is 120 cm³/mol. The Morgan fingerprint density at radius 3 is 2.48 bits per heavy atom. The molecular weight excluding hydrogens is 420 g/mol. The smallest absolute Gasteiger partial charge is 0.269 e. The third-order valence-electron chi connectivity index (χ3n) is 4.84. The van der Waals surface area contributed by atoms with Crippen molar-refractivity contribution in [2.75, 3.05) is 35.9 Å². The number of nitro groups is 1. The number of anilines is 2. The molecule has 1 atom stereocenters. The molecule has 1 heterocycles. The largest absolute Gasteiger partial charge is 0.497 e. The number of thioether (sulfide) groups is 1. The maximum Gasteiger partial charge on any atom is 0.269 e. The number of methoxy groups -OCH3 is 1. The lowest BCUT2D eigenvalue weighted by Gasteiger charge is -2.23. The van der Waals surface area contributed by atoms with Crippen molar-refractivity contribution in [3.8, 4) is 5.75 Å². The molecule has 1 fully saturated rings. The minimum absolute atomic E-state index is 0.0335. The molecular formula is C21H24N4O5S. The first-order valence-electron chi connectivity index (χ1n) is 9.78. The highest BCUT2D eigenvalue weighted by Crippen LogP contribution is 2.24. The van der Waals surface area contributed by atoms with Crippen molar-refractivity contribution < 1.29 is 19.2 Å². The first kappa shape index (κ1) is 22.4. The van der Waals surface area contributed by atoms with Crippen molar-refractivity contribution in [1.82, 2.24) is 4.90 Å². The van der Waals surface area contributed by atoms with Gasteiger partial charge in [-0.1, -0.05) is 0 Å². The molecule has 2 N–H and O–H groups in total. The van der Waals surface area contributed by atoms with Crippen LogP contribution in [0.15, 0.2) is 48.5 Å². The highest BCUT2D eigenvalue weighted by atomic mass is 32.2. The lowest BCUT2D eigenvalue weighted by Crippen LogP contribution is -2.44. The van der Waals surface area contributed by atoms with Gasteiger partial charge in [-0.05, 0) is 42.8 Å². The SMILES string of the molecule is COc1ccc(NC(=O)C2CSCN2C(=O)CCCNc2ccc([N+](=O)[O-])cc2)cc1. The molecule has 9 nitrogen and oxygen atoms in total. The van der Waals surface area contributed by atoms with Gasteiger partial charge < -0.3 is 20.3 Å². The van der Waals surface area contributed by atoms with Gasteiger partial charge in [0.25, 0.3) is 5.69 Å². The average molecular weight is 445 g/mol. The molecule has 1 saturated heterocycles. The summed E-state index contributed by atoms with van der Waals surface area (Å²) in [5.74, 6) is 1.50. The zero-order chi connectivity index (χ0) is 22.2. The Balaban J connectivity index is 1.45. The number of amides is 2. The lowest BCUT2D eigenvalue weighted by molar-refractivity contribution is -0.384. The van der Waals surface area contributed by atoms with Gasteiger partial charge in [0.05, 0.1) is 17.9 Å². The molecule has 164 valence electrons. The maximum atomic E-state index is 12.7. The fourth-order valence-corrected chi connectivity index (χ4v) is 4.30. The minimum atomic E-state index is -0.498. The van der Waals surface area contributed by atoms with Crippen molar-refractivity contribution in [3.63, 3.8) is 0 Å². The van der Waals surface area contributed by atoms with Crippen LogP contribution in [-0.4, -0.2) is 53.0 Å². The van der Waals surface area contributed by atoms with E-state index < -0.39 is 11.0 Å². The number of carbonyl (C=O) groups excluding carboxylic acids is 2. The summed E-state index contributed by atoms with van der Waals surface area (Å²) in [5.41, 5.74) is 1.44. The monoisotopic (exact) mass is 444 g/mol. The van der Waals surface area contributed by atoms with Crippen LogP contribution in [0.3, 0.4) is 0 Å². The number of carbonyl (C=O) groups is 2. The molecule has 0 bridgehead atoms. The quantitative estimate of drug-likeness (QED) is 0.346. The standard InChI is InChI=1S/C21H24N4O5S/c1-30-18-10-6-16(7-11-18)23-21(27)19-13-31-14-24(19)20(26)3-2-12-22-15-4-8-17(9-5-15)25(28)29/h4-11,19,22H,2-3,12-14H2,1H3,(H,23,27). The molecule has 10 heteroatoms. The zero-order valence-electron chi connectivity index (χ0n) is 17.1. The van der Waals surface area contributed by atoms with Crippen LogP contribution in [0, 0.1) is 10.1 Å². The third-order valence-corrected chi connectivity index (χ3v) is 5.85. The summed E-state index contributed by atoms with van der Waals surface area (Å²) in [6, 6.07) is 12.7. The number of non-ortho nitro benzene ring substituents is 1. The van der Waals surface area contributed by atoms with Gasteiger partial charge in [0.2, 0.25) is 11.8 Å². The number of ether oxygens (including phenoxy) is 1. The summed E-state index contributed by atoms with van der Waals surface area (Å²) in [5, 5.41) is 16.7. The number of nitrogens with one attached hydrogen (secondary N) is 2. The summed E-state index contributed by atoms with van der Waals surface area (Å²) >= 11 is 1.56. The van der Waals surface area contributed by atoms with E-state index >= 15 is 0 Å². The molecule has 2 aromatic carbocycles. The Kier molecular flexibility index (Phi) is 7.71. The second kappa shape index (κ2) is 10.7. The minimum Gasteiger partial charge on any atom is -0.497 e. The van der Waals surface area contributed by atoms with Gasteiger partial charge in [-0.2, -0.15) is 0 Å². The number of rotatable bonds is 9. The first-order valence-corrected chi connectivity index (χ1v) is 10.9. The van der Waals surface area contributed by atoms with Crippen molar-refractivity contribution in [2.45, 2.75) is 18.9 Å². The third kappa shape index (κ3) is 6.11. The van der Waals surface area contributed by atoms with E-state index in [1.807, 2.05) is 0 Å². The topological polar surface area (TPSA) is 114 Å². The summed E-state index contributed by atoms with van der Waals surface area (Å²) in [6.07, 6.45) is 0.899. The van der Waals surface area contributed by atoms with Crippen LogP contribution in [0.2, 0.25) is 0 Å². The van der Waals surface area contributed by atoms with Gasteiger partial charge in [0.15, 0.2) is 0 Å². The van der Waals surface area contributed by atoms with Crippen LogP contribution >= 0.6 is 11.8 Å². The van der Waals surface area contributed by atoms with E-state index in [0.29, 0.717) is 42.5 Å². The molecule has 1 unspecified atom stereocenters.